The second-order valence-electron chi connectivity index (χ2n) is 27.8. The quantitative estimate of drug-likeness (QED) is 0.121. The lowest BCUT2D eigenvalue weighted by Crippen LogP contribution is -2.09. The summed E-state index contributed by atoms with van der Waals surface area (Å²) in [5.41, 5.74) is 28.1. The van der Waals surface area contributed by atoms with Crippen LogP contribution in [0.3, 0.4) is 0 Å². The summed E-state index contributed by atoms with van der Waals surface area (Å²) in [6.07, 6.45) is 0. The Balaban J connectivity index is 0.000000140. The van der Waals surface area contributed by atoms with Gasteiger partial charge in [-0.1, -0.05) is 237 Å². The molecule has 0 spiro atoms. The van der Waals surface area contributed by atoms with Crippen LogP contribution in [0.1, 0.15) is 0 Å². The van der Waals surface area contributed by atoms with Gasteiger partial charge >= 0.3 is 0 Å². The van der Waals surface area contributed by atoms with Gasteiger partial charge in [0.25, 0.3) is 0 Å². The second kappa shape index (κ2) is 26.5. The first-order chi connectivity index (χ1) is 54.6. The van der Waals surface area contributed by atoms with Crippen molar-refractivity contribution in [3.63, 3.8) is 0 Å². The van der Waals surface area contributed by atoms with Crippen LogP contribution in [0, 0.1) is 0 Å². The van der Waals surface area contributed by atoms with Gasteiger partial charge in [0.15, 0.2) is 0 Å². The summed E-state index contributed by atoms with van der Waals surface area (Å²) in [4.78, 5) is 25.4. The number of imidazole rings is 2. The molecule has 0 radical (unpaired) electrons. The topological polar surface area (TPSA) is 76.7 Å². The standard InChI is InChI=1S/2C50H33N5/c1-3-16-38(17-4-1)53(39-18-5-2-6-19-39)40-29-26-34(27-30-40)35-14-13-15-36(32-35)37-28-31-47-43(33-37)41-20-8-11-24-46(41)54(47)50-52-44-22-9-7-21-42(44)49-51-45-23-10-12-25-48(45)55(49)50;1-3-13-38(14-4-1)53(39-15-5-2-6-16-39)40-30-27-35(28-31-40)34-23-25-36(26-24-34)37-29-32-47-43(33-37)41-17-8-11-21-46(41)54(47)50-52-44-19-9-7-18-42(44)49-51-45-20-10-12-22-48(45)55(49)50/h2*1-33H. The summed E-state index contributed by atoms with van der Waals surface area (Å²) in [6.45, 7) is 0. The zero-order valence-corrected chi connectivity index (χ0v) is 59.6. The third-order valence-electron chi connectivity index (χ3n) is 21.4. The van der Waals surface area contributed by atoms with Crippen molar-refractivity contribution in [3.8, 4) is 56.4 Å². The predicted octanol–water partition coefficient (Wildman–Crippen LogP) is 25.9. The van der Waals surface area contributed by atoms with E-state index in [0.29, 0.717) is 0 Å². The average Bonchev–Trinajstić information content (AvgIpc) is 1.56. The molecule has 0 N–H and O–H groups in total. The number of fused-ring (bicyclic) bond motifs is 16. The molecule has 0 unspecified atom stereocenters. The van der Waals surface area contributed by atoms with Crippen LogP contribution in [0.25, 0.3) is 155 Å². The molecule has 6 heterocycles. The van der Waals surface area contributed by atoms with Crippen molar-refractivity contribution in [2.45, 2.75) is 0 Å². The van der Waals surface area contributed by atoms with Crippen molar-refractivity contribution in [2.24, 2.45) is 0 Å². The number of rotatable bonds is 12. The summed E-state index contributed by atoms with van der Waals surface area (Å²) in [5, 5.41) is 6.79. The van der Waals surface area contributed by atoms with Crippen molar-refractivity contribution >= 4 is 133 Å². The lowest BCUT2D eigenvalue weighted by atomic mass is 9.97. The van der Waals surface area contributed by atoms with Gasteiger partial charge in [0.05, 0.1) is 55.2 Å². The van der Waals surface area contributed by atoms with E-state index in [9.17, 15) is 0 Å². The third kappa shape index (κ3) is 10.9. The van der Waals surface area contributed by atoms with Gasteiger partial charge in [-0.3, -0.25) is 17.9 Å². The van der Waals surface area contributed by atoms with Crippen LogP contribution in [0.4, 0.5) is 34.1 Å². The van der Waals surface area contributed by atoms with E-state index < -0.39 is 0 Å². The minimum atomic E-state index is 0.824. The third-order valence-corrected chi connectivity index (χ3v) is 21.4. The fourth-order valence-electron chi connectivity index (χ4n) is 16.2. The van der Waals surface area contributed by atoms with E-state index in [2.05, 4.69) is 404 Å². The van der Waals surface area contributed by atoms with E-state index in [0.717, 1.165) is 129 Å². The molecule has 0 aliphatic heterocycles. The smallest absolute Gasteiger partial charge is 0.221 e. The first-order valence-corrected chi connectivity index (χ1v) is 37.2. The summed E-state index contributed by atoms with van der Waals surface area (Å²) < 4.78 is 9.02. The number of nitrogens with zero attached hydrogens (tertiary/aromatic N) is 10. The predicted molar refractivity (Wildman–Crippen MR) is 456 cm³/mol. The molecular formula is C100H66N10. The summed E-state index contributed by atoms with van der Waals surface area (Å²) in [6, 6.07) is 142. The molecule has 0 aliphatic carbocycles. The molecule has 0 saturated carbocycles. The van der Waals surface area contributed by atoms with E-state index >= 15 is 0 Å². The fraction of sp³-hybridized carbons (Fsp3) is 0. The fourth-order valence-corrected chi connectivity index (χ4v) is 16.2. The molecule has 0 saturated heterocycles. The normalized spacial score (nSPS) is 11.6. The molecular weight excluding hydrogens is 1340 g/mol. The van der Waals surface area contributed by atoms with Crippen LogP contribution < -0.4 is 9.80 Å². The molecule has 0 bridgehead atoms. The molecule has 110 heavy (non-hydrogen) atoms. The Labute approximate surface area is 633 Å². The number of hydrogen-bond donors (Lipinski definition) is 0. The first kappa shape index (κ1) is 63.5. The molecule has 0 amide bonds. The van der Waals surface area contributed by atoms with E-state index in [4.69, 9.17) is 19.9 Å². The van der Waals surface area contributed by atoms with Crippen LogP contribution in [-0.4, -0.2) is 37.9 Å². The highest BCUT2D eigenvalue weighted by molar-refractivity contribution is 6.12. The molecule has 16 aromatic carbocycles. The van der Waals surface area contributed by atoms with Crippen molar-refractivity contribution in [1.82, 2.24) is 37.9 Å². The first-order valence-electron chi connectivity index (χ1n) is 37.2. The Hall–Kier alpha value is -15.0. The van der Waals surface area contributed by atoms with Crippen molar-refractivity contribution in [3.05, 3.63) is 400 Å². The molecule has 0 fully saturated rings. The van der Waals surface area contributed by atoms with E-state index in [1.54, 1.807) is 0 Å². The van der Waals surface area contributed by atoms with Crippen LogP contribution in [0.2, 0.25) is 0 Å². The second-order valence-corrected chi connectivity index (χ2v) is 27.8. The molecule has 6 aromatic heterocycles. The number of benzene rings is 16. The highest BCUT2D eigenvalue weighted by atomic mass is 15.2. The van der Waals surface area contributed by atoms with E-state index in [-0.39, 0.29) is 0 Å². The Morgan fingerprint density at radius 2 is 0.445 bits per heavy atom. The number of anilines is 6. The molecule has 10 nitrogen and oxygen atoms in total. The van der Waals surface area contributed by atoms with Crippen LogP contribution in [-0.2, 0) is 0 Å². The minimum absolute atomic E-state index is 0.824. The van der Waals surface area contributed by atoms with Gasteiger partial charge in [-0.05, 0) is 208 Å². The van der Waals surface area contributed by atoms with E-state index in [1.165, 1.54) is 60.5 Å². The minimum Gasteiger partial charge on any atom is -0.311 e. The van der Waals surface area contributed by atoms with Gasteiger partial charge < -0.3 is 9.80 Å². The maximum absolute atomic E-state index is 5.33. The Morgan fingerprint density at radius 1 is 0.173 bits per heavy atom. The largest absolute Gasteiger partial charge is 0.311 e. The van der Waals surface area contributed by atoms with Crippen LogP contribution in [0.5, 0.6) is 0 Å². The van der Waals surface area contributed by atoms with Crippen molar-refractivity contribution in [1.29, 1.82) is 0 Å². The van der Waals surface area contributed by atoms with Crippen LogP contribution >= 0.6 is 0 Å². The van der Waals surface area contributed by atoms with Crippen molar-refractivity contribution < 1.29 is 0 Å². The maximum atomic E-state index is 5.33. The molecule has 0 aliphatic rings. The Kier molecular flexibility index (Phi) is 15.3. The summed E-state index contributed by atoms with van der Waals surface area (Å²) in [5.74, 6) is 1.65. The summed E-state index contributed by atoms with van der Waals surface area (Å²) >= 11 is 0. The SMILES string of the molecule is c1ccc(N(c2ccccc2)c2ccc(-c3ccc(-c4ccc5c(c4)c4ccccc4n5-c4nc5ccccc5c5nc6ccccc6n45)cc3)cc2)cc1.c1ccc(N(c2ccccc2)c2ccc(-c3cccc(-c4ccc5c(c4)c4ccccc4n5-c4nc5ccccc5c5nc6ccccc6n45)c3)cc2)cc1. The number of aromatic nitrogens is 8. The molecule has 10 heteroatoms. The monoisotopic (exact) mass is 1410 g/mol. The highest BCUT2D eigenvalue weighted by Crippen LogP contribution is 2.43. The molecule has 0 atom stereocenters. The Bertz CT molecular complexity index is 7170. The zero-order chi connectivity index (χ0) is 72.6. The lowest BCUT2D eigenvalue weighted by molar-refractivity contribution is 0.979. The van der Waals surface area contributed by atoms with Gasteiger partial charge in [-0.25, -0.2) is 19.9 Å². The number of para-hydroxylation sites is 12. The average molecular weight is 1410 g/mol. The molecule has 516 valence electrons. The van der Waals surface area contributed by atoms with Crippen molar-refractivity contribution in [2.75, 3.05) is 9.80 Å². The summed E-state index contributed by atoms with van der Waals surface area (Å²) in [7, 11) is 0. The van der Waals surface area contributed by atoms with Gasteiger partial charge in [-0.15, -0.1) is 0 Å². The van der Waals surface area contributed by atoms with Gasteiger partial charge in [0, 0.05) is 66.4 Å². The number of hydrogen-bond acceptors (Lipinski definition) is 6. The zero-order valence-electron chi connectivity index (χ0n) is 59.6. The molecule has 22 rings (SSSR count). The van der Waals surface area contributed by atoms with Gasteiger partial charge in [0.2, 0.25) is 11.9 Å². The lowest BCUT2D eigenvalue weighted by Gasteiger charge is -2.25. The highest BCUT2D eigenvalue weighted by Gasteiger charge is 2.24. The van der Waals surface area contributed by atoms with Gasteiger partial charge in [0.1, 0.15) is 11.3 Å². The maximum Gasteiger partial charge on any atom is 0.221 e. The van der Waals surface area contributed by atoms with E-state index in [1.807, 2.05) is 24.3 Å². The Morgan fingerprint density at radius 3 is 0.845 bits per heavy atom. The van der Waals surface area contributed by atoms with Crippen LogP contribution in [0.15, 0.2) is 400 Å². The van der Waals surface area contributed by atoms with Gasteiger partial charge in [-0.2, -0.15) is 0 Å². The molecule has 22 aromatic rings.